The van der Waals surface area contributed by atoms with Gasteiger partial charge in [-0.3, -0.25) is 0 Å². The van der Waals surface area contributed by atoms with Gasteiger partial charge in [0.1, 0.15) is 0 Å². The maximum absolute atomic E-state index is 2.34. The minimum absolute atomic E-state index is 1.03. The summed E-state index contributed by atoms with van der Waals surface area (Å²) in [5.41, 5.74) is 3.60. The van der Waals surface area contributed by atoms with Crippen LogP contribution in [0.2, 0.25) is 19.6 Å². The molecular formula is C13H18Si. The lowest BCUT2D eigenvalue weighted by Crippen LogP contribution is -2.14. The number of hydrogen-bond acceptors (Lipinski definition) is 0. The van der Waals surface area contributed by atoms with Gasteiger partial charge in [-0.1, -0.05) is 73.9 Å². The van der Waals surface area contributed by atoms with Crippen LogP contribution in [0.15, 0.2) is 48.2 Å². The van der Waals surface area contributed by atoms with E-state index < -0.39 is 8.07 Å². The first-order valence-corrected chi connectivity index (χ1v) is 8.57. The van der Waals surface area contributed by atoms with Crippen LogP contribution < -0.4 is 0 Å². The molecule has 1 aromatic rings. The van der Waals surface area contributed by atoms with Crippen molar-refractivity contribution in [1.29, 1.82) is 0 Å². The van der Waals surface area contributed by atoms with Crippen LogP contribution in [-0.4, -0.2) is 8.07 Å². The molecule has 0 unspecified atom stereocenters. The van der Waals surface area contributed by atoms with Crippen molar-refractivity contribution >= 4 is 14.1 Å². The van der Waals surface area contributed by atoms with Gasteiger partial charge >= 0.3 is 0 Å². The number of rotatable bonds is 3. The molecule has 0 aromatic heterocycles. The van der Waals surface area contributed by atoms with E-state index in [-0.39, 0.29) is 0 Å². The van der Waals surface area contributed by atoms with Crippen molar-refractivity contribution in [2.45, 2.75) is 19.6 Å². The first-order chi connectivity index (χ1) is 6.58. The summed E-state index contributed by atoms with van der Waals surface area (Å²) in [6, 6.07) is 10.4. The van der Waals surface area contributed by atoms with Crippen molar-refractivity contribution < 1.29 is 0 Å². The molecule has 0 saturated heterocycles. The molecule has 1 aromatic carbocycles. The molecule has 0 saturated carbocycles. The predicted molar refractivity (Wildman–Crippen MR) is 68.0 cm³/mol. The molecule has 0 nitrogen and oxygen atoms in total. The maximum Gasteiger partial charge on any atom is 0.0687 e. The van der Waals surface area contributed by atoms with Crippen LogP contribution in [0.4, 0.5) is 0 Å². The van der Waals surface area contributed by atoms with E-state index in [1.165, 1.54) is 5.56 Å². The van der Waals surface area contributed by atoms with E-state index in [1.54, 1.807) is 0 Å². The summed E-state index contributed by atoms with van der Waals surface area (Å²) < 4.78 is 0. The summed E-state index contributed by atoms with van der Waals surface area (Å²) in [5, 5.41) is 0. The second-order valence-corrected chi connectivity index (χ2v) is 9.56. The predicted octanol–water partition coefficient (Wildman–Crippen LogP) is 4.13. The quantitative estimate of drug-likeness (QED) is 0.510. The van der Waals surface area contributed by atoms with Crippen LogP contribution in [0.5, 0.6) is 0 Å². The largest absolute Gasteiger partial charge is 0.0950 e. The first-order valence-electron chi connectivity index (χ1n) is 4.99. The van der Waals surface area contributed by atoms with Crippen LogP contribution in [0.25, 0.3) is 6.08 Å². The first kappa shape index (κ1) is 11.0. The molecule has 1 rings (SSSR count). The van der Waals surface area contributed by atoms with E-state index in [9.17, 15) is 0 Å². The van der Waals surface area contributed by atoms with Crippen LogP contribution in [0.3, 0.4) is 0 Å². The smallest absolute Gasteiger partial charge is 0.0687 e. The number of hydrogen-bond donors (Lipinski definition) is 0. The Morgan fingerprint density at radius 3 is 2.14 bits per heavy atom. The van der Waals surface area contributed by atoms with E-state index in [0.717, 1.165) is 0 Å². The summed E-state index contributed by atoms with van der Waals surface area (Å²) in [5.74, 6) is 0. The average Bonchev–Trinajstić information content (AvgIpc) is 2.13. The summed E-state index contributed by atoms with van der Waals surface area (Å²) in [4.78, 5) is 0. The van der Waals surface area contributed by atoms with Crippen LogP contribution in [0.1, 0.15) is 5.56 Å². The molecule has 0 fully saturated rings. The van der Waals surface area contributed by atoms with E-state index in [0.29, 0.717) is 0 Å². The fraction of sp³-hybridized carbons (Fsp3) is 0.231. The van der Waals surface area contributed by atoms with Gasteiger partial charge in [0.25, 0.3) is 0 Å². The van der Waals surface area contributed by atoms with E-state index in [4.69, 9.17) is 0 Å². The van der Waals surface area contributed by atoms with Crippen molar-refractivity contribution in [1.82, 2.24) is 0 Å². The van der Waals surface area contributed by atoms with Gasteiger partial charge in [-0.25, -0.2) is 0 Å². The zero-order valence-electron chi connectivity index (χ0n) is 9.20. The van der Waals surface area contributed by atoms with Gasteiger partial charge in [0.05, 0.1) is 8.07 Å². The van der Waals surface area contributed by atoms with E-state index in [2.05, 4.69) is 67.8 Å². The molecule has 0 bridgehead atoms. The SMILES string of the molecule is C[Si](C)(C)/C=C/C=C/c1ccccc1. The Bertz CT molecular complexity index is 315. The van der Waals surface area contributed by atoms with E-state index >= 15 is 0 Å². The number of benzene rings is 1. The molecule has 0 spiro atoms. The summed E-state index contributed by atoms with van der Waals surface area (Å²) >= 11 is 0. The van der Waals surface area contributed by atoms with Gasteiger partial charge in [-0.05, 0) is 5.56 Å². The molecular weight excluding hydrogens is 184 g/mol. The fourth-order valence-corrected chi connectivity index (χ4v) is 1.76. The molecule has 0 heterocycles. The van der Waals surface area contributed by atoms with Crippen LogP contribution in [0, 0.1) is 0 Å². The van der Waals surface area contributed by atoms with Gasteiger partial charge in [-0.2, -0.15) is 0 Å². The second-order valence-electron chi connectivity index (χ2n) is 4.49. The van der Waals surface area contributed by atoms with Crippen molar-refractivity contribution in [3.63, 3.8) is 0 Å². The Kier molecular flexibility index (Phi) is 3.90. The minimum Gasteiger partial charge on any atom is -0.0950 e. The van der Waals surface area contributed by atoms with Crippen LogP contribution in [-0.2, 0) is 0 Å². The molecule has 74 valence electrons. The highest BCUT2D eigenvalue weighted by atomic mass is 28.3. The highest BCUT2D eigenvalue weighted by molar-refractivity contribution is 6.81. The third-order valence-electron chi connectivity index (χ3n) is 1.80. The zero-order chi connectivity index (χ0) is 10.4. The van der Waals surface area contributed by atoms with Gasteiger partial charge in [-0.15, -0.1) is 0 Å². The molecule has 0 aliphatic rings. The lowest BCUT2D eigenvalue weighted by Gasteiger charge is -2.06. The summed E-state index contributed by atoms with van der Waals surface area (Å²) in [6.07, 6.45) is 6.42. The molecule has 0 amide bonds. The minimum atomic E-state index is -1.03. The molecule has 14 heavy (non-hydrogen) atoms. The van der Waals surface area contributed by atoms with E-state index in [1.807, 2.05) is 6.07 Å². The van der Waals surface area contributed by atoms with Crippen molar-refractivity contribution in [3.8, 4) is 0 Å². The van der Waals surface area contributed by atoms with Crippen LogP contribution >= 0.6 is 0 Å². The maximum atomic E-state index is 2.34. The molecule has 0 atom stereocenters. The highest BCUT2D eigenvalue weighted by Crippen LogP contribution is 2.04. The third kappa shape index (κ3) is 4.82. The Morgan fingerprint density at radius 2 is 1.57 bits per heavy atom. The lowest BCUT2D eigenvalue weighted by atomic mass is 10.2. The zero-order valence-corrected chi connectivity index (χ0v) is 10.2. The van der Waals surface area contributed by atoms with Gasteiger partial charge in [0, 0.05) is 0 Å². The molecule has 0 radical (unpaired) electrons. The molecule has 1 heteroatoms. The van der Waals surface area contributed by atoms with Gasteiger partial charge in [0.2, 0.25) is 0 Å². The van der Waals surface area contributed by atoms with Crippen molar-refractivity contribution in [2.24, 2.45) is 0 Å². The highest BCUT2D eigenvalue weighted by Gasteiger charge is 2.05. The monoisotopic (exact) mass is 202 g/mol. The normalized spacial score (nSPS) is 12.8. The number of allylic oxidation sites excluding steroid dienone is 2. The average molecular weight is 202 g/mol. The molecule has 0 N–H and O–H groups in total. The summed E-state index contributed by atoms with van der Waals surface area (Å²) in [7, 11) is -1.03. The Hall–Kier alpha value is -1.08. The van der Waals surface area contributed by atoms with Crippen molar-refractivity contribution in [3.05, 3.63) is 53.7 Å². The molecule has 0 aliphatic heterocycles. The van der Waals surface area contributed by atoms with Gasteiger partial charge in [0.15, 0.2) is 0 Å². The standard InChI is InChI=1S/C13H18Si/c1-14(2,3)12-8-7-11-13-9-5-4-6-10-13/h4-12H,1-3H3/b11-7+,12-8+. The molecule has 0 aliphatic carbocycles. The van der Waals surface area contributed by atoms with Gasteiger partial charge < -0.3 is 0 Å². The summed E-state index contributed by atoms with van der Waals surface area (Å²) in [6.45, 7) is 7.00. The van der Waals surface area contributed by atoms with Crippen molar-refractivity contribution in [2.75, 3.05) is 0 Å². The topological polar surface area (TPSA) is 0 Å². The second kappa shape index (κ2) is 4.96. The Balaban J connectivity index is 2.54. The Labute approximate surface area is 88.0 Å². The third-order valence-corrected chi connectivity index (χ3v) is 2.99. The fourth-order valence-electron chi connectivity index (χ4n) is 1.08. The Morgan fingerprint density at radius 1 is 0.929 bits per heavy atom. The lowest BCUT2D eigenvalue weighted by molar-refractivity contribution is 1.66.